The first-order valence-electron chi connectivity index (χ1n) is 5.22. The first kappa shape index (κ1) is 12.3. The Kier molecular flexibility index (Phi) is 3.75. The number of anilines is 1. The van der Waals surface area contributed by atoms with Crippen LogP contribution in [0, 0.1) is 11.3 Å². The highest BCUT2D eigenvalue weighted by Crippen LogP contribution is 2.24. The van der Waals surface area contributed by atoms with Crippen LogP contribution in [0.3, 0.4) is 0 Å². The lowest BCUT2D eigenvalue weighted by Gasteiger charge is -2.06. The summed E-state index contributed by atoms with van der Waals surface area (Å²) < 4.78 is 0. The molecular weight excluding hydrogens is 246 g/mol. The van der Waals surface area contributed by atoms with Crippen molar-refractivity contribution in [2.75, 3.05) is 18.6 Å². The molecule has 6 heteroatoms. The minimum absolute atomic E-state index is 0.439. The third-order valence-corrected chi connectivity index (χ3v) is 3.05. The lowest BCUT2D eigenvalue weighted by Crippen LogP contribution is -2.00. The van der Waals surface area contributed by atoms with Crippen LogP contribution in [0.2, 0.25) is 0 Å². The van der Waals surface area contributed by atoms with Crippen LogP contribution in [-0.2, 0) is 0 Å². The molecule has 0 saturated carbocycles. The van der Waals surface area contributed by atoms with E-state index in [0.29, 0.717) is 17.2 Å². The average molecular weight is 257 g/mol. The van der Waals surface area contributed by atoms with Gasteiger partial charge in [-0.15, -0.1) is 11.8 Å². The molecule has 0 spiro atoms. The minimum Gasteiger partial charge on any atom is -0.357 e. The maximum absolute atomic E-state index is 9.09. The van der Waals surface area contributed by atoms with E-state index in [9.17, 15) is 0 Å². The van der Waals surface area contributed by atoms with Gasteiger partial charge in [0.2, 0.25) is 5.95 Å². The Balaban J connectivity index is 2.57. The molecule has 0 saturated heterocycles. The maximum atomic E-state index is 9.09. The lowest BCUT2D eigenvalue weighted by atomic mass is 10.1. The summed E-state index contributed by atoms with van der Waals surface area (Å²) in [5.41, 5.74) is 1.85. The van der Waals surface area contributed by atoms with E-state index in [4.69, 9.17) is 5.26 Å². The molecule has 0 radical (unpaired) electrons. The van der Waals surface area contributed by atoms with Crippen LogP contribution in [0.4, 0.5) is 5.95 Å². The maximum Gasteiger partial charge on any atom is 0.223 e. The van der Waals surface area contributed by atoms with Crippen molar-refractivity contribution in [3.63, 3.8) is 0 Å². The average Bonchev–Trinajstić information content (AvgIpc) is 2.46. The molecule has 2 aromatic heterocycles. The zero-order valence-corrected chi connectivity index (χ0v) is 10.8. The number of nitriles is 1. The Labute approximate surface area is 109 Å². The fraction of sp³-hybridized carbons (Fsp3) is 0.167. The first-order valence-corrected chi connectivity index (χ1v) is 6.45. The molecule has 2 heterocycles. The van der Waals surface area contributed by atoms with Gasteiger partial charge < -0.3 is 5.32 Å². The minimum atomic E-state index is 0.439. The first-order chi connectivity index (χ1) is 8.78. The van der Waals surface area contributed by atoms with Crippen LogP contribution >= 0.6 is 11.8 Å². The molecule has 0 amide bonds. The second-order valence-corrected chi connectivity index (χ2v) is 4.31. The number of pyridine rings is 1. The van der Waals surface area contributed by atoms with E-state index >= 15 is 0 Å². The van der Waals surface area contributed by atoms with E-state index in [0.717, 1.165) is 10.5 Å². The number of thioether (sulfide) groups is 1. The van der Waals surface area contributed by atoms with Gasteiger partial charge in [0, 0.05) is 29.9 Å². The predicted octanol–water partition coefficient (Wildman–Crippen LogP) is 2.17. The van der Waals surface area contributed by atoms with Gasteiger partial charge in [-0.1, -0.05) is 0 Å². The number of nitrogens with one attached hydrogen (secondary N) is 1. The highest BCUT2D eigenvalue weighted by Gasteiger charge is 2.09. The standard InChI is InChI=1S/C12H11N5S/c1-14-12-16-6-9(4-13)11(17-12)8-3-10(18-2)7-15-5-8/h3,5-7H,1-2H3,(H,14,16,17). The van der Waals surface area contributed by atoms with E-state index in [2.05, 4.69) is 26.3 Å². The van der Waals surface area contributed by atoms with Crippen molar-refractivity contribution in [2.24, 2.45) is 0 Å². The molecule has 0 bridgehead atoms. The molecule has 0 aliphatic carbocycles. The molecule has 1 N–H and O–H groups in total. The summed E-state index contributed by atoms with van der Waals surface area (Å²) in [6, 6.07) is 4.05. The molecule has 5 nitrogen and oxygen atoms in total. The van der Waals surface area contributed by atoms with Crippen LogP contribution in [0.1, 0.15) is 5.56 Å². The fourth-order valence-electron chi connectivity index (χ4n) is 1.46. The fourth-order valence-corrected chi connectivity index (χ4v) is 1.88. The SMILES string of the molecule is CNc1ncc(C#N)c(-c2cncc(SC)c2)n1. The van der Waals surface area contributed by atoms with Crippen LogP contribution in [-0.4, -0.2) is 28.3 Å². The van der Waals surface area contributed by atoms with Gasteiger partial charge in [-0.3, -0.25) is 4.98 Å². The number of nitrogens with zero attached hydrogens (tertiary/aromatic N) is 4. The summed E-state index contributed by atoms with van der Waals surface area (Å²) in [5, 5.41) is 12.0. The summed E-state index contributed by atoms with van der Waals surface area (Å²) >= 11 is 1.60. The van der Waals surface area contributed by atoms with Crippen LogP contribution in [0.5, 0.6) is 0 Å². The van der Waals surface area contributed by atoms with Crippen molar-refractivity contribution >= 4 is 17.7 Å². The van der Waals surface area contributed by atoms with Crippen molar-refractivity contribution < 1.29 is 0 Å². The predicted molar refractivity (Wildman–Crippen MR) is 71.3 cm³/mol. The zero-order valence-electron chi connectivity index (χ0n) is 10.0. The Hall–Kier alpha value is -2.13. The zero-order chi connectivity index (χ0) is 13.0. The van der Waals surface area contributed by atoms with Gasteiger partial charge in [0.05, 0.1) is 17.5 Å². The largest absolute Gasteiger partial charge is 0.357 e. The summed E-state index contributed by atoms with van der Waals surface area (Å²) in [6.45, 7) is 0. The smallest absolute Gasteiger partial charge is 0.223 e. The molecule has 0 atom stereocenters. The van der Waals surface area contributed by atoms with Crippen molar-refractivity contribution in [2.45, 2.75) is 4.90 Å². The Morgan fingerprint density at radius 3 is 2.83 bits per heavy atom. The summed E-state index contributed by atoms with van der Waals surface area (Å²) in [5.74, 6) is 0.485. The van der Waals surface area contributed by atoms with Crippen molar-refractivity contribution in [3.8, 4) is 17.3 Å². The van der Waals surface area contributed by atoms with Gasteiger partial charge in [0.25, 0.3) is 0 Å². The van der Waals surface area contributed by atoms with Gasteiger partial charge >= 0.3 is 0 Å². The van der Waals surface area contributed by atoms with Gasteiger partial charge in [0.15, 0.2) is 0 Å². The Morgan fingerprint density at radius 2 is 2.17 bits per heavy atom. The molecule has 0 aromatic carbocycles. The molecule has 18 heavy (non-hydrogen) atoms. The molecule has 0 fully saturated rings. The third-order valence-electron chi connectivity index (χ3n) is 2.36. The Bertz CT molecular complexity index is 606. The highest BCUT2D eigenvalue weighted by molar-refractivity contribution is 7.98. The topological polar surface area (TPSA) is 74.5 Å². The lowest BCUT2D eigenvalue weighted by molar-refractivity contribution is 1.13. The summed E-state index contributed by atoms with van der Waals surface area (Å²) in [4.78, 5) is 13.5. The van der Waals surface area contributed by atoms with Gasteiger partial charge in [-0.25, -0.2) is 9.97 Å². The second-order valence-electron chi connectivity index (χ2n) is 3.43. The number of aromatic nitrogens is 3. The molecular formula is C12H11N5S. The van der Waals surface area contributed by atoms with E-state index in [1.165, 1.54) is 6.20 Å². The van der Waals surface area contributed by atoms with E-state index in [1.807, 2.05) is 12.3 Å². The van der Waals surface area contributed by atoms with Gasteiger partial charge in [-0.2, -0.15) is 5.26 Å². The third kappa shape index (κ3) is 2.41. The number of rotatable bonds is 3. The molecule has 2 aromatic rings. The number of hydrogen-bond donors (Lipinski definition) is 1. The number of hydrogen-bond acceptors (Lipinski definition) is 6. The molecule has 0 unspecified atom stereocenters. The van der Waals surface area contributed by atoms with Crippen molar-refractivity contribution in [1.82, 2.24) is 15.0 Å². The van der Waals surface area contributed by atoms with E-state index in [1.54, 1.807) is 31.2 Å². The highest BCUT2D eigenvalue weighted by atomic mass is 32.2. The van der Waals surface area contributed by atoms with Crippen LogP contribution < -0.4 is 5.32 Å². The summed E-state index contributed by atoms with van der Waals surface area (Å²) in [6.07, 6.45) is 6.97. The van der Waals surface area contributed by atoms with E-state index < -0.39 is 0 Å². The second kappa shape index (κ2) is 5.47. The Morgan fingerprint density at radius 1 is 1.33 bits per heavy atom. The summed E-state index contributed by atoms with van der Waals surface area (Å²) in [7, 11) is 1.74. The van der Waals surface area contributed by atoms with Crippen LogP contribution in [0.15, 0.2) is 29.6 Å². The monoisotopic (exact) mass is 257 g/mol. The molecule has 0 aliphatic rings. The van der Waals surface area contributed by atoms with Gasteiger partial charge in [-0.05, 0) is 12.3 Å². The molecule has 2 rings (SSSR count). The molecule has 90 valence electrons. The van der Waals surface area contributed by atoms with Crippen molar-refractivity contribution in [1.29, 1.82) is 5.26 Å². The van der Waals surface area contributed by atoms with Crippen molar-refractivity contribution in [3.05, 3.63) is 30.2 Å². The van der Waals surface area contributed by atoms with E-state index in [-0.39, 0.29) is 0 Å². The quantitative estimate of drug-likeness (QED) is 0.849. The van der Waals surface area contributed by atoms with Gasteiger partial charge in [0.1, 0.15) is 6.07 Å². The van der Waals surface area contributed by atoms with Crippen LogP contribution in [0.25, 0.3) is 11.3 Å². The normalized spacial score (nSPS) is 9.83. The molecule has 0 aliphatic heterocycles.